The van der Waals surface area contributed by atoms with Gasteiger partial charge in [0.05, 0.1) is 13.2 Å². The number of hydrogen-bond acceptors (Lipinski definition) is 5. The highest BCUT2D eigenvalue weighted by molar-refractivity contribution is 6.06. The third-order valence-electron chi connectivity index (χ3n) is 2.40. The highest BCUT2D eigenvalue weighted by Gasteiger charge is 2.17. The number of benzene rings is 1. The van der Waals surface area contributed by atoms with Crippen LogP contribution in [0.3, 0.4) is 0 Å². The Labute approximate surface area is 113 Å². The van der Waals surface area contributed by atoms with Gasteiger partial charge < -0.3 is 9.15 Å². The Morgan fingerprint density at radius 2 is 1.95 bits per heavy atom. The molecule has 0 unspecified atom stereocenters. The fraction of sp³-hybridized carbons (Fsp3) is 0.0769. The molecule has 0 N–H and O–H groups in total. The molecule has 1 aromatic heterocycles. The number of carbonyl (C=O) groups is 1. The second-order valence-corrected chi connectivity index (χ2v) is 3.69. The van der Waals surface area contributed by atoms with E-state index in [0.717, 1.165) is 6.07 Å². The van der Waals surface area contributed by atoms with Crippen LogP contribution in [0.25, 0.3) is 0 Å². The van der Waals surface area contributed by atoms with E-state index in [4.69, 9.17) is 9.15 Å². The van der Waals surface area contributed by atoms with E-state index in [9.17, 15) is 14.9 Å². The van der Waals surface area contributed by atoms with Crippen molar-refractivity contribution in [2.75, 3.05) is 7.11 Å². The molecule has 1 aromatic carbocycles. The van der Waals surface area contributed by atoms with Gasteiger partial charge in [0.25, 0.3) is 11.8 Å². The number of methoxy groups -OCH3 is 1. The molecule has 0 fully saturated rings. The summed E-state index contributed by atoms with van der Waals surface area (Å²) in [7, 11) is 1.30. The molecular weight excluding hydrogens is 264 g/mol. The Morgan fingerprint density at radius 3 is 2.50 bits per heavy atom. The summed E-state index contributed by atoms with van der Waals surface area (Å²) >= 11 is 0. The molecule has 0 atom stereocenters. The van der Waals surface area contributed by atoms with Gasteiger partial charge in [0.2, 0.25) is 0 Å². The van der Waals surface area contributed by atoms with E-state index >= 15 is 0 Å². The van der Waals surface area contributed by atoms with Crippen molar-refractivity contribution in [2.24, 2.45) is 4.99 Å². The summed E-state index contributed by atoms with van der Waals surface area (Å²) in [5.74, 6) is -1.08. The van der Waals surface area contributed by atoms with E-state index in [1.165, 1.54) is 13.2 Å². The molecule has 0 aliphatic heterocycles. The van der Waals surface area contributed by atoms with Crippen LogP contribution in [-0.2, 0) is 4.74 Å². The number of nitro groups is 1. The second-order valence-electron chi connectivity index (χ2n) is 3.69. The van der Waals surface area contributed by atoms with Crippen molar-refractivity contribution in [3.05, 3.63) is 63.9 Å². The summed E-state index contributed by atoms with van der Waals surface area (Å²) < 4.78 is 9.86. The van der Waals surface area contributed by atoms with Crippen molar-refractivity contribution >= 4 is 17.7 Å². The summed E-state index contributed by atoms with van der Waals surface area (Å²) in [6.07, 6.45) is 0. The minimum Gasteiger partial charge on any atom is -0.478 e. The predicted octanol–water partition coefficient (Wildman–Crippen LogP) is 2.42. The Bertz CT molecular complexity index is 660. The van der Waals surface area contributed by atoms with Gasteiger partial charge in [0, 0.05) is 5.56 Å². The first-order chi connectivity index (χ1) is 9.61. The topological polar surface area (TPSA) is 94.9 Å². The molecule has 0 saturated carbocycles. The van der Waals surface area contributed by atoms with E-state index in [-0.39, 0.29) is 11.7 Å². The average Bonchev–Trinajstić information content (AvgIpc) is 2.95. The maximum atomic E-state index is 11.9. The second kappa shape index (κ2) is 5.79. The largest absolute Gasteiger partial charge is 0.478 e. The quantitative estimate of drug-likeness (QED) is 0.370. The summed E-state index contributed by atoms with van der Waals surface area (Å²) in [5, 5.41) is 10.5. The molecule has 0 radical (unpaired) electrons. The highest BCUT2D eigenvalue weighted by atomic mass is 16.6. The van der Waals surface area contributed by atoms with Crippen LogP contribution in [0.1, 0.15) is 16.1 Å². The third-order valence-corrected chi connectivity index (χ3v) is 2.40. The van der Waals surface area contributed by atoms with Crippen molar-refractivity contribution < 1.29 is 18.9 Å². The van der Waals surface area contributed by atoms with Gasteiger partial charge in [-0.3, -0.25) is 14.9 Å². The van der Waals surface area contributed by atoms with Gasteiger partial charge >= 0.3 is 5.88 Å². The molecule has 1 amide bonds. The first kappa shape index (κ1) is 13.5. The first-order valence-electron chi connectivity index (χ1n) is 5.58. The number of rotatable bonds is 3. The van der Waals surface area contributed by atoms with Crippen molar-refractivity contribution in [1.29, 1.82) is 0 Å². The van der Waals surface area contributed by atoms with Crippen molar-refractivity contribution in [3.8, 4) is 0 Å². The predicted molar refractivity (Wildman–Crippen MR) is 69.7 cm³/mol. The third kappa shape index (κ3) is 2.89. The van der Waals surface area contributed by atoms with Gasteiger partial charge in [-0.25, -0.2) is 0 Å². The Kier molecular flexibility index (Phi) is 3.90. The first-order valence-corrected chi connectivity index (χ1v) is 5.58. The van der Waals surface area contributed by atoms with Crippen LogP contribution in [0.15, 0.2) is 51.9 Å². The van der Waals surface area contributed by atoms with Crippen LogP contribution in [0, 0.1) is 10.1 Å². The van der Waals surface area contributed by atoms with Crippen LogP contribution in [0.2, 0.25) is 0 Å². The maximum Gasteiger partial charge on any atom is 0.433 e. The lowest BCUT2D eigenvalue weighted by atomic mass is 10.2. The Morgan fingerprint density at radius 1 is 1.25 bits per heavy atom. The van der Waals surface area contributed by atoms with Crippen LogP contribution in [0.5, 0.6) is 0 Å². The summed E-state index contributed by atoms with van der Waals surface area (Å²) in [6.45, 7) is 0. The summed E-state index contributed by atoms with van der Waals surface area (Å²) in [5.41, 5.74) is 0.378. The number of aliphatic imine (C=N–C) groups is 1. The molecule has 0 aliphatic rings. The van der Waals surface area contributed by atoms with Gasteiger partial charge in [-0.05, 0) is 18.2 Å². The SMILES string of the molecule is COC(=NC(=O)c1ccccc1)c1ccc([N+](=O)[O-])o1. The monoisotopic (exact) mass is 274 g/mol. The molecular formula is C13H10N2O5. The number of amides is 1. The van der Waals surface area contributed by atoms with E-state index in [1.807, 2.05) is 0 Å². The van der Waals surface area contributed by atoms with E-state index in [2.05, 4.69) is 4.99 Å². The molecule has 7 heteroatoms. The Hall–Kier alpha value is -2.96. The van der Waals surface area contributed by atoms with Gasteiger partial charge in [-0.1, -0.05) is 18.2 Å². The maximum absolute atomic E-state index is 11.9. The van der Waals surface area contributed by atoms with Crippen LogP contribution < -0.4 is 0 Å². The molecule has 0 saturated heterocycles. The summed E-state index contributed by atoms with van der Waals surface area (Å²) in [4.78, 5) is 25.5. The zero-order valence-electron chi connectivity index (χ0n) is 10.5. The zero-order chi connectivity index (χ0) is 14.5. The number of nitrogens with zero attached hydrogens (tertiary/aromatic N) is 2. The normalized spacial score (nSPS) is 11.2. The lowest BCUT2D eigenvalue weighted by Gasteiger charge is -2.00. The Balaban J connectivity index is 2.29. The number of ether oxygens (including phenoxy) is 1. The molecule has 7 nitrogen and oxygen atoms in total. The van der Waals surface area contributed by atoms with Gasteiger partial charge in [0.1, 0.15) is 4.92 Å². The minimum atomic E-state index is -0.685. The molecule has 0 spiro atoms. The molecule has 2 aromatic rings. The number of carbonyl (C=O) groups excluding carboxylic acids is 1. The fourth-order valence-corrected chi connectivity index (χ4v) is 1.48. The lowest BCUT2D eigenvalue weighted by molar-refractivity contribution is -0.402. The summed E-state index contributed by atoms with van der Waals surface area (Å²) in [6, 6.07) is 10.9. The van der Waals surface area contributed by atoms with Gasteiger partial charge in [0.15, 0.2) is 5.76 Å². The average molecular weight is 274 g/mol. The smallest absolute Gasteiger partial charge is 0.433 e. The zero-order valence-corrected chi connectivity index (χ0v) is 10.5. The van der Waals surface area contributed by atoms with Gasteiger partial charge in [-0.15, -0.1) is 0 Å². The van der Waals surface area contributed by atoms with Gasteiger partial charge in [-0.2, -0.15) is 4.99 Å². The lowest BCUT2D eigenvalue weighted by Crippen LogP contribution is -2.07. The van der Waals surface area contributed by atoms with E-state index in [0.29, 0.717) is 5.56 Å². The van der Waals surface area contributed by atoms with Crippen LogP contribution >= 0.6 is 0 Å². The standard InChI is InChI=1S/C13H10N2O5/c1-19-13(10-7-8-11(20-10)15(17)18)14-12(16)9-5-3-2-4-6-9/h2-8H,1H3. The van der Waals surface area contributed by atoms with Crippen molar-refractivity contribution in [1.82, 2.24) is 0 Å². The fourth-order valence-electron chi connectivity index (χ4n) is 1.48. The van der Waals surface area contributed by atoms with Crippen molar-refractivity contribution in [2.45, 2.75) is 0 Å². The molecule has 1 heterocycles. The van der Waals surface area contributed by atoms with Crippen LogP contribution in [0.4, 0.5) is 5.88 Å². The van der Waals surface area contributed by atoms with Crippen LogP contribution in [-0.4, -0.2) is 23.8 Å². The molecule has 0 bridgehead atoms. The molecule has 0 aliphatic carbocycles. The molecule has 102 valence electrons. The van der Waals surface area contributed by atoms with E-state index < -0.39 is 16.7 Å². The van der Waals surface area contributed by atoms with Crippen molar-refractivity contribution in [3.63, 3.8) is 0 Å². The molecule has 2 rings (SSSR count). The minimum absolute atomic E-state index is 0.0171. The highest BCUT2D eigenvalue weighted by Crippen LogP contribution is 2.17. The molecule has 20 heavy (non-hydrogen) atoms. The number of furan rings is 1. The number of hydrogen-bond donors (Lipinski definition) is 0. The van der Waals surface area contributed by atoms with E-state index in [1.54, 1.807) is 30.3 Å².